The largest absolute Gasteiger partial charge is 0.497 e. The van der Waals surface area contributed by atoms with Crippen LogP contribution in [0.2, 0.25) is 0 Å². The van der Waals surface area contributed by atoms with Crippen LogP contribution in [0, 0.1) is 0 Å². The summed E-state index contributed by atoms with van der Waals surface area (Å²) in [7, 11) is 1.70. The molecule has 1 unspecified atom stereocenters. The van der Waals surface area contributed by atoms with E-state index in [2.05, 4.69) is 52.5 Å². The molecule has 2 aliphatic heterocycles. The van der Waals surface area contributed by atoms with Crippen LogP contribution in [-0.2, 0) is 17.8 Å². The Hall–Kier alpha value is -2.33. The Morgan fingerprint density at radius 3 is 2.65 bits per heavy atom. The van der Waals surface area contributed by atoms with Gasteiger partial charge in [0.15, 0.2) is 5.60 Å². The highest BCUT2D eigenvalue weighted by Gasteiger charge is 2.42. The zero-order chi connectivity index (χ0) is 17.8. The van der Waals surface area contributed by atoms with E-state index in [0.29, 0.717) is 0 Å². The standard InChI is InChI=1S/C22H26N2O2/c1-25-21-10-8-19(9-11-21)16-24-13-5-12-22(17-24)15-20(23-26-22)14-18-6-3-2-4-7-18/h2-4,6-11H,5,12-17H2,1H3. The first kappa shape index (κ1) is 17.1. The second kappa shape index (κ2) is 7.50. The second-order valence-electron chi connectivity index (χ2n) is 7.43. The Labute approximate surface area is 155 Å². The van der Waals surface area contributed by atoms with E-state index in [1.165, 1.54) is 16.8 Å². The van der Waals surface area contributed by atoms with Crippen molar-refractivity contribution in [2.24, 2.45) is 5.16 Å². The van der Waals surface area contributed by atoms with Gasteiger partial charge < -0.3 is 9.57 Å². The fraction of sp³-hybridized carbons (Fsp3) is 0.409. The molecular formula is C22H26N2O2. The first-order valence-electron chi connectivity index (χ1n) is 9.38. The minimum Gasteiger partial charge on any atom is -0.497 e. The SMILES string of the molecule is COc1ccc(CN2CCCC3(CC(Cc4ccccc4)=NO3)C2)cc1. The van der Waals surface area contributed by atoms with E-state index in [0.717, 1.165) is 51.1 Å². The van der Waals surface area contributed by atoms with Gasteiger partial charge in [0, 0.05) is 25.9 Å². The van der Waals surface area contributed by atoms with Gasteiger partial charge >= 0.3 is 0 Å². The van der Waals surface area contributed by atoms with Gasteiger partial charge in [0.25, 0.3) is 0 Å². The molecule has 4 rings (SSSR count). The Kier molecular flexibility index (Phi) is 4.93. The van der Waals surface area contributed by atoms with Gasteiger partial charge in [0.1, 0.15) is 5.75 Å². The van der Waals surface area contributed by atoms with Crippen molar-refractivity contribution in [3.05, 3.63) is 65.7 Å². The molecule has 0 radical (unpaired) electrons. The lowest BCUT2D eigenvalue weighted by molar-refractivity contribution is -0.0704. The summed E-state index contributed by atoms with van der Waals surface area (Å²) in [5, 5.41) is 4.45. The molecule has 0 bridgehead atoms. The van der Waals surface area contributed by atoms with Gasteiger partial charge in [0.2, 0.25) is 0 Å². The smallest absolute Gasteiger partial charge is 0.155 e. The van der Waals surface area contributed by atoms with E-state index in [1.807, 2.05) is 12.1 Å². The number of hydrogen-bond acceptors (Lipinski definition) is 4. The van der Waals surface area contributed by atoms with Gasteiger partial charge in [-0.15, -0.1) is 0 Å². The van der Waals surface area contributed by atoms with Crippen molar-refractivity contribution in [2.45, 2.75) is 37.8 Å². The molecule has 0 aromatic heterocycles. The van der Waals surface area contributed by atoms with Gasteiger partial charge in [-0.1, -0.05) is 47.6 Å². The number of ether oxygens (including phenoxy) is 1. The van der Waals surface area contributed by atoms with E-state index < -0.39 is 0 Å². The van der Waals surface area contributed by atoms with E-state index in [9.17, 15) is 0 Å². The number of benzene rings is 2. The maximum atomic E-state index is 6.00. The third-order valence-corrected chi connectivity index (χ3v) is 5.33. The van der Waals surface area contributed by atoms with Gasteiger partial charge in [-0.05, 0) is 42.6 Å². The zero-order valence-electron chi connectivity index (χ0n) is 15.4. The van der Waals surface area contributed by atoms with Crippen LogP contribution in [-0.4, -0.2) is 36.4 Å². The van der Waals surface area contributed by atoms with Crippen LogP contribution < -0.4 is 4.74 Å². The van der Waals surface area contributed by atoms with Crippen LogP contribution in [0.1, 0.15) is 30.4 Å². The quantitative estimate of drug-likeness (QED) is 0.816. The Bertz CT molecular complexity index is 757. The maximum absolute atomic E-state index is 6.00. The van der Waals surface area contributed by atoms with E-state index in [-0.39, 0.29) is 5.60 Å². The number of likely N-dealkylation sites (tertiary alicyclic amines) is 1. The number of nitrogens with zero attached hydrogens (tertiary/aromatic N) is 2. The molecule has 136 valence electrons. The molecule has 2 aromatic carbocycles. The number of hydrogen-bond donors (Lipinski definition) is 0. The summed E-state index contributed by atoms with van der Waals surface area (Å²) >= 11 is 0. The second-order valence-corrected chi connectivity index (χ2v) is 7.43. The maximum Gasteiger partial charge on any atom is 0.155 e. The first-order chi connectivity index (χ1) is 12.7. The third kappa shape index (κ3) is 3.91. The van der Waals surface area contributed by atoms with Gasteiger partial charge in [-0.25, -0.2) is 0 Å². The van der Waals surface area contributed by atoms with Crippen molar-refractivity contribution < 1.29 is 9.57 Å². The lowest BCUT2D eigenvalue weighted by Crippen LogP contribution is -2.47. The van der Waals surface area contributed by atoms with Crippen molar-refractivity contribution in [3.8, 4) is 5.75 Å². The lowest BCUT2D eigenvalue weighted by Gasteiger charge is -2.38. The van der Waals surface area contributed by atoms with Gasteiger partial charge in [-0.3, -0.25) is 4.90 Å². The first-order valence-corrected chi connectivity index (χ1v) is 9.38. The average Bonchev–Trinajstić information content (AvgIpc) is 3.05. The summed E-state index contributed by atoms with van der Waals surface area (Å²) in [6.07, 6.45) is 4.08. The summed E-state index contributed by atoms with van der Waals surface area (Å²) in [6.45, 7) is 3.01. The summed E-state index contributed by atoms with van der Waals surface area (Å²) in [5.74, 6) is 0.905. The predicted molar refractivity (Wildman–Crippen MR) is 104 cm³/mol. The number of methoxy groups -OCH3 is 1. The minimum absolute atomic E-state index is 0.130. The highest BCUT2D eigenvalue weighted by Crippen LogP contribution is 2.34. The molecule has 1 saturated heterocycles. The van der Waals surface area contributed by atoms with Crippen LogP contribution in [0.15, 0.2) is 59.8 Å². The van der Waals surface area contributed by atoms with Gasteiger partial charge in [-0.2, -0.15) is 0 Å². The molecule has 0 saturated carbocycles. The van der Waals surface area contributed by atoms with Crippen molar-refractivity contribution in [1.29, 1.82) is 0 Å². The van der Waals surface area contributed by atoms with Crippen molar-refractivity contribution in [3.63, 3.8) is 0 Å². The van der Waals surface area contributed by atoms with Crippen LogP contribution in [0.4, 0.5) is 0 Å². The Balaban J connectivity index is 1.36. The molecule has 2 heterocycles. The zero-order valence-corrected chi connectivity index (χ0v) is 15.4. The van der Waals surface area contributed by atoms with E-state index in [1.54, 1.807) is 7.11 Å². The fourth-order valence-corrected chi connectivity index (χ4v) is 4.06. The van der Waals surface area contributed by atoms with Crippen LogP contribution >= 0.6 is 0 Å². The van der Waals surface area contributed by atoms with E-state index >= 15 is 0 Å². The Morgan fingerprint density at radius 1 is 1.08 bits per heavy atom. The highest BCUT2D eigenvalue weighted by atomic mass is 16.7. The summed E-state index contributed by atoms with van der Waals surface area (Å²) in [6, 6.07) is 18.9. The van der Waals surface area contributed by atoms with Crippen LogP contribution in [0.5, 0.6) is 5.75 Å². The van der Waals surface area contributed by atoms with Crippen LogP contribution in [0.3, 0.4) is 0 Å². The molecule has 2 aromatic rings. The van der Waals surface area contributed by atoms with Crippen molar-refractivity contribution in [2.75, 3.05) is 20.2 Å². The molecule has 1 spiro atoms. The number of rotatable bonds is 5. The molecule has 0 aliphatic carbocycles. The summed E-state index contributed by atoms with van der Waals surface area (Å²) < 4.78 is 5.25. The van der Waals surface area contributed by atoms with E-state index in [4.69, 9.17) is 9.57 Å². The van der Waals surface area contributed by atoms with Crippen LogP contribution in [0.25, 0.3) is 0 Å². The van der Waals surface area contributed by atoms with Gasteiger partial charge in [0.05, 0.1) is 12.8 Å². The normalized spacial score (nSPS) is 22.9. The molecule has 4 nitrogen and oxygen atoms in total. The Morgan fingerprint density at radius 2 is 1.88 bits per heavy atom. The molecule has 4 heteroatoms. The molecule has 2 aliphatic rings. The molecule has 0 amide bonds. The fourth-order valence-electron chi connectivity index (χ4n) is 4.06. The monoisotopic (exact) mass is 350 g/mol. The highest BCUT2D eigenvalue weighted by molar-refractivity contribution is 5.88. The average molecular weight is 350 g/mol. The summed E-state index contributed by atoms with van der Waals surface area (Å²) in [4.78, 5) is 8.49. The molecular weight excluding hydrogens is 324 g/mol. The molecule has 1 atom stereocenters. The molecule has 0 N–H and O–H groups in total. The lowest BCUT2D eigenvalue weighted by atomic mass is 9.86. The predicted octanol–water partition coefficient (Wildman–Crippen LogP) is 4.05. The third-order valence-electron chi connectivity index (χ3n) is 5.33. The molecule has 1 fully saturated rings. The topological polar surface area (TPSA) is 34.1 Å². The van der Waals surface area contributed by atoms with Crippen molar-refractivity contribution in [1.82, 2.24) is 4.90 Å². The summed E-state index contributed by atoms with van der Waals surface area (Å²) in [5.41, 5.74) is 3.65. The molecule has 26 heavy (non-hydrogen) atoms. The minimum atomic E-state index is -0.130. The number of piperidine rings is 1. The number of oxime groups is 1. The van der Waals surface area contributed by atoms with Crippen molar-refractivity contribution >= 4 is 5.71 Å².